The number of hydrogen-bond donors (Lipinski definition) is 1. The monoisotopic (exact) mass is 554 g/mol. The number of hydrogen-bond acceptors (Lipinski definition) is 5. The molecule has 32 heavy (non-hydrogen) atoms. The van der Waals surface area contributed by atoms with Gasteiger partial charge in [0.2, 0.25) is 0 Å². The smallest absolute Gasteiger partial charge is 0.343 e. The van der Waals surface area contributed by atoms with Gasteiger partial charge >= 0.3 is 5.97 Å². The predicted octanol–water partition coefficient (Wildman–Crippen LogP) is 6.16. The van der Waals surface area contributed by atoms with Gasteiger partial charge in [0.1, 0.15) is 5.75 Å². The number of rotatable bonds is 7. The summed E-state index contributed by atoms with van der Waals surface area (Å²) >= 11 is 21.1. The Balaban J connectivity index is 1.48. The fraction of sp³-hybridized carbons (Fsp3) is 0.0455. The molecule has 1 N–H and O–H groups in total. The minimum Gasteiger partial charge on any atom is -0.481 e. The van der Waals surface area contributed by atoms with Crippen LogP contribution in [0.15, 0.2) is 70.2 Å². The van der Waals surface area contributed by atoms with Crippen molar-refractivity contribution >= 4 is 68.8 Å². The Morgan fingerprint density at radius 3 is 2.22 bits per heavy atom. The molecule has 0 heterocycles. The molecular weight excluding hydrogens is 543 g/mol. The Bertz CT molecular complexity index is 1130. The maximum Gasteiger partial charge on any atom is 0.343 e. The minimum absolute atomic E-state index is 0.158. The van der Waals surface area contributed by atoms with Crippen molar-refractivity contribution in [3.63, 3.8) is 0 Å². The lowest BCUT2D eigenvalue weighted by Crippen LogP contribution is -2.24. The summed E-state index contributed by atoms with van der Waals surface area (Å²) in [6.45, 7) is -0.344. The quantitative estimate of drug-likeness (QED) is 0.164. The molecule has 6 nitrogen and oxygen atoms in total. The second-order valence-corrected chi connectivity index (χ2v) is 8.41. The van der Waals surface area contributed by atoms with Gasteiger partial charge in [0, 0.05) is 9.50 Å². The summed E-state index contributed by atoms with van der Waals surface area (Å²) in [6.07, 6.45) is 1.43. The van der Waals surface area contributed by atoms with Gasteiger partial charge in [0.25, 0.3) is 5.91 Å². The number of halogens is 4. The summed E-state index contributed by atoms with van der Waals surface area (Å²) in [7, 11) is 0. The number of carbonyl (C=O) groups excluding carboxylic acids is 2. The lowest BCUT2D eigenvalue weighted by atomic mass is 10.2. The lowest BCUT2D eigenvalue weighted by Gasteiger charge is -2.09. The van der Waals surface area contributed by atoms with Crippen molar-refractivity contribution in [2.24, 2.45) is 5.10 Å². The van der Waals surface area contributed by atoms with Gasteiger partial charge < -0.3 is 9.47 Å². The first-order valence-corrected chi connectivity index (χ1v) is 10.9. The highest BCUT2D eigenvalue weighted by atomic mass is 79.9. The van der Waals surface area contributed by atoms with E-state index >= 15 is 0 Å². The molecule has 1 amide bonds. The average molecular weight is 557 g/mol. The number of ether oxygens (including phenoxy) is 2. The maximum atomic E-state index is 12.1. The number of nitrogens with one attached hydrogen (secondary N) is 1. The Morgan fingerprint density at radius 1 is 0.969 bits per heavy atom. The average Bonchev–Trinajstić information content (AvgIpc) is 2.74. The van der Waals surface area contributed by atoms with Gasteiger partial charge in [-0.25, -0.2) is 10.2 Å². The highest BCUT2D eigenvalue weighted by Crippen LogP contribution is 2.35. The van der Waals surface area contributed by atoms with E-state index in [1.165, 1.54) is 18.3 Å². The molecule has 0 aliphatic rings. The van der Waals surface area contributed by atoms with E-state index in [4.69, 9.17) is 44.3 Å². The van der Waals surface area contributed by atoms with Crippen LogP contribution in [0.3, 0.4) is 0 Å². The van der Waals surface area contributed by atoms with E-state index in [2.05, 4.69) is 26.5 Å². The molecule has 0 aliphatic carbocycles. The van der Waals surface area contributed by atoms with Crippen LogP contribution in [0.25, 0.3) is 0 Å². The van der Waals surface area contributed by atoms with Gasteiger partial charge in [-0.05, 0) is 66.2 Å². The first-order chi connectivity index (χ1) is 15.3. The van der Waals surface area contributed by atoms with Gasteiger partial charge in [-0.1, -0.05) is 50.7 Å². The summed E-state index contributed by atoms with van der Waals surface area (Å²) in [4.78, 5) is 24.0. The van der Waals surface area contributed by atoms with Crippen LogP contribution >= 0.6 is 50.7 Å². The Morgan fingerprint density at radius 2 is 1.59 bits per heavy atom. The van der Waals surface area contributed by atoms with E-state index in [-0.39, 0.29) is 22.4 Å². The number of carbonyl (C=O) groups is 2. The molecule has 0 unspecified atom stereocenters. The number of benzene rings is 3. The molecule has 0 radical (unpaired) electrons. The molecule has 0 atom stereocenters. The third kappa shape index (κ3) is 6.97. The highest BCUT2D eigenvalue weighted by molar-refractivity contribution is 9.10. The fourth-order valence-electron chi connectivity index (χ4n) is 2.39. The molecule has 3 aromatic rings. The topological polar surface area (TPSA) is 77.0 Å². The van der Waals surface area contributed by atoms with Crippen LogP contribution in [0.1, 0.15) is 15.9 Å². The maximum absolute atomic E-state index is 12.1. The van der Waals surface area contributed by atoms with Crippen LogP contribution in [-0.2, 0) is 4.79 Å². The second-order valence-electron chi connectivity index (χ2n) is 6.25. The van der Waals surface area contributed by atoms with Gasteiger partial charge in [-0.2, -0.15) is 5.10 Å². The van der Waals surface area contributed by atoms with Crippen LogP contribution in [-0.4, -0.2) is 24.7 Å². The summed E-state index contributed by atoms with van der Waals surface area (Å²) in [5, 5.41) is 4.60. The summed E-state index contributed by atoms with van der Waals surface area (Å²) < 4.78 is 11.5. The lowest BCUT2D eigenvalue weighted by molar-refractivity contribution is -0.123. The van der Waals surface area contributed by atoms with Gasteiger partial charge in [-0.3, -0.25) is 4.79 Å². The summed E-state index contributed by atoms with van der Waals surface area (Å²) in [5.74, 6) is -0.440. The fourth-order valence-corrected chi connectivity index (χ4v) is 3.58. The van der Waals surface area contributed by atoms with Crippen LogP contribution in [0.5, 0.6) is 11.5 Å². The van der Waals surface area contributed by atoms with Crippen LogP contribution < -0.4 is 14.9 Å². The molecule has 0 saturated heterocycles. The van der Waals surface area contributed by atoms with Crippen molar-refractivity contribution < 1.29 is 19.1 Å². The molecule has 3 rings (SSSR count). The SMILES string of the molecule is O=C(COc1c(Cl)cc(Cl)cc1Cl)N/N=C/c1ccc(OC(=O)c2ccc(Br)cc2)cc1. The van der Waals surface area contributed by atoms with Crippen molar-refractivity contribution in [1.82, 2.24) is 5.43 Å². The van der Waals surface area contributed by atoms with E-state index in [0.717, 1.165) is 4.47 Å². The van der Waals surface area contributed by atoms with Crippen molar-refractivity contribution in [2.75, 3.05) is 6.61 Å². The van der Waals surface area contributed by atoms with E-state index in [0.29, 0.717) is 21.9 Å². The Hall–Kier alpha value is -2.58. The molecule has 3 aromatic carbocycles. The molecule has 10 heteroatoms. The van der Waals surface area contributed by atoms with Crippen LogP contribution in [0.4, 0.5) is 0 Å². The molecule has 0 fully saturated rings. The van der Waals surface area contributed by atoms with Crippen molar-refractivity contribution in [3.05, 3.63) is 91.3 Å². The van der Waals surface area contributed by atoms with E-state index < -0.39 is 11.9 Å². The van der Waals surface area contributed by atoms with Gasteiger partial charge in [0.15, 0.2) is 12.4 Å². The van der Waals surface area contributed by atoms with Crippen LogP contribution in [0.2, 0.25) is 15.1 Å². The molecule has 0 bridgehead atoms. The molecule has 0 aromatic heterocycles. The highest BCUT2D eigenvalue weighted by Gasteiger charge is 2.11. The van der Waals surface area contributed by atoms with Crippen LogP contribution in [0, 0.1) is 0 Å². The van der Waals surface area contributed by atoms with Crippen molar-refractivity contribution in [1.29, 1.82) is 0 Å². The molecule has 0 aliphatic heterocycles. The normalized spacial score (nSPS) is 10.8. The number of nitrogens with zero attached hydrogens (tertiary/aromatic N) is 1. The number of hydrazone groups is 1. The summed E-state index contributed by atoms with van der Waals surface area (Å²) in [5.41, 5.74) is 3.44. The first-order valence-electron chi connectivity index (χ1n) is 8.99. The second kappa shape index (κ2) is 11.3. The zero-order chi connectivity index (χ0) is 23.1. The predicted molar refractivity (Wildman–Crippen MR) is 128 cm³/mol. The summed E-state index contributed by atoms with van der Waals surface area (Å²) in [6, 6.07) is 16.4. The van der Waals surface area contributed by atoms with Crippen molar-refractivity contribution in [3.8, 4) is 11.5 Å². The molecule has 0 spiro atoms. The van der Waals surface area contributed by atoms with Gasteiger partial charge in [-0.15, -0.1) is 0 Å². The van der Waals surface area contributed by atoms with E-state index in [9.17, 15) is 9.59 Å². The third-order valence-electron chi connectivity index (χ3n) is 3.88. The number of amides is 1. The first kappa shape index (κ1) is 24.1. The largest absolute Gasteiger partial charge is 0.481 e. The zero-order valence-corrected chi connectivity index (χ0v) is 20.0. The minimum atomic E-state index is -0.511. The third-order valence-corrected chi connectivity index (χ3v) is 5.19. The molecular formula is C22H14BrCl3N2O4. The standard InChI is InChI=1S/C22H14BrCl3N2O4/c23-15-5-3-14(4-6-15)22(30)32-17-7-1-13(2-8-17)11-27-28-20(29)12-31-21-18(25)9-16(24)10-19(21)26/h1-11H,12H2,(H,28,29)/b27-11+. The Labute approximate surface area is 207 Å². The van der Waals surface area contributed by atoms with E-state index in [1.807, 2.05) is 0 Å². The molecule has 164 valence electrons. The van der Waals surface area contributed by atoms with Gasteiger partial charge in [0.05, 0.1) is 21.8 Å². The number of esters is 1. The zero-order valence-electron chi connectivity index (χ0n) is 16.2. The van der Waals surface area contributed by atoms with Crippen molar-refractivity contribution in [2.45, 2.75) is 0 Å². The van der Waals surface area contributed by atoms with E-state index in [1.54, 1.807) is 48.5 Å². The molecule has 0 saturated carbocycles. The Kier molecular flexibility index (Phi) is 8.53.